The number of nitrogens with zero attached hydrogens (tertiary/aromatic N) is 3. The van der Waals surface area contributed by atoms with Crippen LogP contribution in [0.2, 0.25) is 0 Å². The Bertz CT molecular complexity index is 443. The van der Waals surface area contributed by atoms with Gasteiger partial charge >= 0.3 is 0 Å². The zero-order chi connectivity index (χ0) is 15.3. The summed E-state index contributed by atoms with van der Waals surface area (Å²) < 4.78 is 0. The van der Waals surface area contributed by atoms with Gasteiger partial charge in [-0.3, -0.25) is 9.59 Å². The second-order valence-electron chi connectivity index (χ2n) is 6.57. The van der Waals surface area contributed by atoms with E-state index in [9.17, 15) is 14.9 Å². The largest absolute Gasteiger partial charge is 0.340 e. The first-order chi connectivity index (χ1) is 10.0. The topological polar surface area (TPSA) is 64.4 Å². The molecular formula is C16H25N3O2. The SMILES string of the molecule is CC1(C#N)CCCN(C(=O)CN2CCCCCCC2=O)C1. The number of carbonyl (C=O) groups is 2. The number of likely N-dealkylation sites (tertiary alicyclic amines) is 2. The minimum Gasteiger partial charge on any atom is -0.340 e. The highest BCUT2D eigenvalue weighted by molar-refractivity contribution is 5.85. The molecule has 0 saturated carbocycles. The van der Waals surface area contributed by atoms with Crippen molar-refractivity contribution in [2.24, 2.45) is 5.41 Å². The molecule has 0 aromatic rings. The lowest BCUT2D eigenvalue weighted by molar-refractivity contribution is -0.142. The summed E-state index contributed by atoms with van der Waals surface area (Å²) in [7, 11) is 0. The first-order valence-electron chi connectivity index (χ1n) is 8.01. The Morgan fingerprint density at radius 1 is 1.24 bits per heavy atom. The van der Waals surface area contributed by atoms with Crippen molar-refractivity contribution in [3.8, 4) is 6.07 Å². The molecule has 2 heterocycles. The van der Waals surface area contributed by atoms with Crippen molar-refractivity contribution >= 4 is 11.8 Å². The van der Waals surface area contributed by atoms with Crippen LogP contribution in [0.3, 0.4) is 0 Å². The molecule has 21 heavy (non-hydrogen) atoms. The summed E-state index contributed by atoms with van der Waals surface area (Å²) in [5.74, 6) is 0.0909. The molecule has 2 saturated heterocycles. The van der Waals surface area contributed by atoms with Crippen LogP contribution < -0.4 is 0 Å². The first kappa shape index (κ1) is 15.8. The number of carbonyl (C=O) groups excluding carboxylic acids is 2. The lowest BCUT2D eigenvalue weighted by Crippen LogP contribution is -2.49. The minimum absolute atomic E-state index is 0.00917. The van der Waals surface area contributed by atoms with Crippen LogP contribution in [0.15, 0.2) is 0 Å². The molecule has 1 unspecified atom stereocenters. The number of hydrogen-bond donors (Lipinski definition) is 0. The molecule has 2 aliphatic heterocycles. The first-order valence-corrected chi connectivity index (χ1v) is 8.01. The Kier molecular flexibility index (Phi) is 5.22. The summed E-state index contributed by atoms with van der Waals surface area (Å²) in [6.07, 6.45) is 6.42. The summed E-state index contributed by atoms with van der Waals surface area (Å²) in [4.78, 5) is 28.0. The smallest absolute Gasteiger partial charge is 0.242 e. The summed E-state index contributed by atoms with van der Waals surface area (Å²) in [6.45, 7) is 3.98. The fourth-order valence-electron chi connectivity index (χ4n) is 3.19. The fraction of sp³-hybridized carbons (Fsp3) is 0.812. The van der Waals surface area contributed by atoms with Crippen LogP contribution in [0.4, 0.5) is 0 Å². The third-order valence-electron chi connectivity index (χ3n) is 4.57. The molecule has 0 radical (unpaired) electrons. The van der Waals surface area contributed by atoms with Crippen molar-refractivity contribution in [2.45, 2.75) is 51.9 Å². The van der Waals surface area contributed by atoms with Gasteiger partial charge in [0, 0.05) is 26.1 Å². The van der Waals surface area contributed by atoms with E-state index in [1.807, 2.05) is 6.92 Å². The van der Waals surface area contributed by atoms with Gasteiger partial charge in [-0.2, -0.15) is 5.26 Å². The van der Waals surface area contributed by atoms with E-state index in [2.05, 4.69) is 6.07 Å². The highest BCUT2D eigenvalue weighted by Crippen LogP contribution is 2.28. The second-order valence-corrected chi connectivity index (χ2v) is 6.57. The van der Waals surface area contributed by atoms with Crippen LogP contribution >= 0.6 is 0 Å². The molecule has 5 heteroatoms. The molecule has 0 N–H and O–H groups in total. The van der Waals surface area contributed by atoms with E-state index in [4.69, 9.17) is 0 Å². The van der Waals surface area contributed by atoms with Crippen LogP contribution in [0.25, 0.3) is 0 Å². The summed E-state index contributed by atoms with van der Waals surface area (Å²) in [6, 6.07) is 2.32. The van der Waals surface area contributed by atoms with Crippen molar-refractivity contribution in [1.82, 2.24) is 9.80 Å². The Labute approximate surface area is 126 Å². The van der Waals surface area contributed by atoms with Gasteiger partial charge in [0.2, 0.25) is 11.8 Å². The van der Waals surface area contributed by atoms with E-state index < -0.39 is 5.41 Å². The van der Waals surface area contributed by atoms with Gasteiger partial charge in [-0.1, -0.05) is 12.8 Å². The standard InChI is InChI=1S/C16H25N3O2/c1-16(12-17)8-6-10-19(13-16)15(21)11-18-9-5-3-2-4-7-14(18)20/h2-11,13H2,1H3. The third-order valence-corrected chi connectivity index (χ3v) is 4.57. The third kappa shape index (κ3) is 4.20. The van der Waals surface area contributed by atoms with E-state index in [1.54, 1.807) is 9.80 Å². The highest BCUT2D eigenvalue weighted by Gasteiger charge is 2.33. The lowest BCUT2D eigenvalue weighted by Gasteiger charge is -2.37. The predicted molar refractivity (Wildman–Crippen MR) is 79.2 cm³/mol. The monoisotopic (exact) mass is 291 g/mol. The molecule has 0 aliphatic carbocycles. The van der Waals surface area contributed by atoms with Gasteiger partial charge in [-0.15, -0.1) is 0 Å². The van der Waals surface area contributed by atoms with Gasteiger partial charge in [-0.05, 0) is 32.6 Å². The van der Waals surface area contributed by atoms with E-state index in [1.165, 1.54) is 0 Å². The van der Waals surface area contributed by atoms with E-state index in [-0.39, 0.29) is 18.4 Å². The molecular weight excluding hydrogens is 266 g/mol. The van der Waals surface area contributed by atoms with Gasteiger partial charge < -0.3 is 9.80 Å². The molecule has 2 aliphatic rings. The number of hydrogen-bond acceptors (Lipinski definition) is 3. The molecule has 0 aromatic heterocycles. The van der Waals surface area contributed by atoms with Gasteiger partial charge in [0.25, 0.3) is 0 Å². The van der Waals surface area contributed by atoms with Crippen LogP contribution in [-0.2, 0) is 9.59 Å². The maximum absolute atomic E-state index is 12.4. The molecule has 2 fully saturated rings. The van der Waals surface area contributed by atoms with Crippen molar-refractivity contribution in [2.75, 3.05) is 26.2 Å². The second kappa shape index (κ2) is 6.93. The fourth-order valence-corrected chi connectivity index (χ4v) is 3.19. The van der Waals surface area contributed by atoms with E-state index in [0.717, 1.165) is 38.5 Å². The number of nitriles is 1. The molecule has 0 spiro atoms. The van der Waals surface area contributed by atoms with Crippen molar-refractivity contribution < 1.29 is 9.59 Å². The molecule has 0 bridgehead atoms. The normalized spacial score (nSPS) is 27.7. The molecule has 5 nitrogen and oxygen atoms in total. The summed E-state index contributed by atoms with van der Waals surface area (Å²) in [5.41, 5.74) is -0.436. The average Bonchev–Trinajstić information content (AvgIpc) is 2.47. The Balaban J connectivity index is 1.93. The number of piperidine rings is 1. The van der Waals surface area contributed by atoms with Crippen LogP contribution in [0, 0.1) is 16.7 Å². The molecule has 2 amide bonds. The molecule has 116 valence electrons. The van der Waals surface area contributed by atoms with Gasteiger partial charge in [-0.25, -0.2) is 0 Å². The Hall–Kier alpha value is -1.57. The summed E-state index contributed by atoms with van der Waals surface area (Å²) in [5, 5.41) is 9.23. The van der Waals surface area contributed by atoms with Crippen molar-refractivity contribution in [1.29, 1.82) is 5.26 Å². The van der Waals surface area contributed by atoms with E-state index >= 15 is 0 Å². The maximum Gasteiger partial charge on any atom is 0.242 e. The number of amides is 2. The van der Waals surface area contributed by atoms with Crippen LogP contribution in [0.5, 0.6) is 0 Å². The van der Waals surface area contributed by atoms with Gasteiger partial charge in [0.05, 0.1) is 18.0 Å². The quantitative estimate of drug-likeness (QED) is 0.781. The zero-order valence-corrected chi connectivity index (χ0v) is 12.9. The zero-order valence-electron chi connectivity index (χ0n) is 12.9. The predicted octanol–water partition coefficient (Wildman–Crippen LogP) is 1.93. The number of rotatable bonds is 2. The van der Waals surface area contributed by atoms with Crippen LogP contribution in [0.1, 0.15) is 51.9 Å². The lowest BCUT2D eigenvalue weighted by atomic mass is 9.83. The van der Waals surface area contributed by atoms with Crippen LogP contribution in [-0.4, -0.2) is 47.8 Å². The van der Waals surface area contributed by atoms with Crippen molar-refractivity contribution in [3.63, 3.8) is 0 Å². The highest BCUT2D eigenvalue weighted by atomic mass is 16.2. The summed E-state index contributed by atoms with van der Waals surface area (Å²) >= 11 is 0. The molecule has 1 atom stereocenters. The molecule has 2 rings (SSSR count). The maximum atomic E-state index is 12.4. The molecule has 0 aromatic carbocycles. The van der Waals surface area contributed by atoms with Gasteiger partial charge in [0.15, 0.2) is 0 Å². The minimum atomic E-state index is -0.436. The van der Waals surface area contributed by atoms with Gasteiger partial charge in [0.1, 0.15) is 0 Å². The van der Waals surface area contributed by atoms with E-state index in [0.29, 0.717) is 26.1 Å². The average molecular weight is 291 g/mol. The van der Waals surface area contributed by atoms with Crippen molar-refractivity contribution in [3.05, 3.63) is 0 Å². The Morgan fingerprint density at radius 3 is 2.76 bits per heavy atom. The Morgan fingerprint density at radius 2 is 2.00 bits per heavy atom.